The number of hydrogen-bond donors (Lipinski definition) is 1. The smallest absolute Gasteiger partial charge is 0.244 e. The van der Waals surface area contributed by atoms with Crippen molar-refractivity contribution in [2.75, 3.05) is 23.7 Å². The highest BCUT2D eigenvalue weighted by molar-refractivity contribution is 7.92. The van der Waals surface area contributed by atoms with Gasteiger partial charge in [0.2, 0.25) is 21.8 Å². The molecule has 3 aromatic rings. The number of carbonyl (C=O) groups is 2. The van der Waals surface area contributed by atoms with E-state index in [0.29, 0.717) is 33.2 Å². The number of carbonyl (C=O) groups excluding carboxylic acids is 2. The van der Waals surface area contributed by atoms with Gasteiger partial charge in [-0.3, -0.25) is 13.9 Å². The molecule has 0 aromatic heterocycles. The van der Waals surface area contributed by atoms with Crippen LogP contribution in [0.5, 0.6) is 0 Å². The zero-order chi connectivity index (χ0) is 25.8. The minimum absolute atomic E-state index is 0.000274. The Kier molecular flexibility index (Phi) is 8.64. The van der Waals surface area contributed by atoms with Crippen molar-refractivity contribution in [3.05, 3.63) is 76.3 Å². The van der Waals surface area contributed by atoms with E-state index in [1.165, 1.54) is 4.90 Å². The van der Waals surface area contributed by atoms with Crippen LogP contribution in [0, 0.1) is 0 Å². The van der Waals surface area contributed by atoms with Gasteiger partial charge in [-0.1, -0.05) is 65.7 Å². The minimum atomic E-state index is -3.84. The molecule has 0 fully saturated rings. The Hall–Kier alpha value is -2.81. The Morgan fingerprint density at radius 3 is 2.37 bits per heavy atom. The highest BCUT2D eigenvalue weighted by Crippen LogP contribution is 2.29. The third kappa shape index (κ3) is 6.45. The molecule has 2 amide bonds. The average Bonchev–Trinajstić information content (AvgIpc) is 2.80. The number of halogens is 2. The van der Waals surface area contributed by atoms with Gasteiger partial charge in [0.25, 0.3) is 0 Å². The first-order valence-corrected chi connectivity index (χ1v) is 13.6. The summed E-state index contributed by atoms with van der Waals surface area (Å²) in [6, 6.07) is 16.6. The van der Waals surface area contributed by atoms with Gasteiger partial charge in [-0.25, -0.2) is 8.42 Å². The van der Waals surface area contributed by atoms with E-state index in [1.807, 2.05) is 18.2 Å². The molecule has 1 atom stereocenters. The summed E-state index contributed by atoms with van der Waals surface area (Å²) in [6.45, 7) is 3.27. The maximum Gasteiger partial charge on any atom is 0.244 e. The predicted molar refractivity (Wildman–Crippen MR) is 141 cm³/mol. The molecule has 0 unspecified atom stereocenters. The Morgan fingerprint density at radius 2 is 1.71 bits per heavy atom. The summed E-state index contributed by atoms with van der Waals surface area (Å²) in [7, 11) is -3.84. The fraction of sp³-hybridized carbons (Fsp3) is 0.280. The normalized spacial score (nSPS) is 12.3. The van der Waals surface area contributed by atoms with Crippen molar-refractivity contribution in [1.82, 2.24) is 10.2 Å². The van der Waals surface area contributed by atoms with Crippen LogP contribution in [0.3, 0.4) is 0 Å². The van der Waals surface area contributed by atoms with E-state index in [1.54, 1.807) is 56.3 Å². The largest absolute Gasteiger partial charge is 0.355 e. The minimum Gasteiger partial charge on any atom is -0.355 e. The number of sulfonamides is 1. The van der Waals surface area contributed by atoms with E-state index in [-0.39, 0.29) is 12.5 Å². The summed E-state index contributed by atoms with van der Waals surface area (Å²) < 4.78 is 26.7. The van der Waals surface area contributed by atoms with Crippen molar-refractivity contribution in [2.45, 2.75) is 26.4 Å². The Labute approximate surface area is 215 Å². The molecule has 0 radical (unpaired) electrons. The maximum absolute atomic E-state index is 13.6. The summed E-state index contributed by atoms with van der Waals surface area (Å²) >= 11 is 12.3. The zero-order valence-electron chi connectivity index (χ0n) is 19.7. The topological polar surface area (TPSA) is 86.8 Å². The van der Waals surface area contributed by atoms with Crippen molar-refractivity contribution < 1.29 is 18.0 Å². The van der Waals surface area contributed by atoms with Gasteiger partial charge in [-0.2, -0.15) is 0 Å². The first-order chi connectivity index (χ1) is 16.5. The number of nitrogens with zero attached hydrogens (tertiary/aromatic N) is 2. The van der Waals surface area contributed by atoms with Crippen LogP contribution in [-0.4, -0.2) is 50.5 Å². The van der Waals surface area contributed by atoms with Gasteiger partial charge in [0.15, 0.2) is 0 Å². The van der Waals surface area contributed by atoms with Crippen molar-refractivity contribution in [3.63, 3.8) is 0 Å². The van der Waals surface area contributed by atoms with Gasteiger partial charge in [-0.15, -0.1) is 0 Å². The van der Waals surface area contributed by atoms with E-state index in [0.717, 1.165) is 15.9 Å². The van der Waals surface area contributed by atoms with Crippen LogP contribution in [-0.2, 0) is 26.2 Å². The SMILES string of the molecule is CCNC(=O)[C@@H](C)N(Cc1ccc(Cl)cc1Cl)C(=O)CN(c1cccc2ccccc12)S(C)(=O)=O. The Bertz CT molecular complexity index is 1340. The van der Waals surface area contributed by atoms with Crippen molar-refractivity contribution >= 4 is 61.5 Å². The van der Waals surface area contributed by atoms with Gasteiger partial charge < -0.3 is 10.2 Å². The number of fused-ring (bicyclic) bond motifs is 1. The molecule has 0 aliphatic carbocycles. The molecule has 0 heterocycles. The lowest BCUT2D eigenvalue weighted by molar-refractivity contribution is -0.139. The summed E-state index contributed by atoms with van der Waals surface area (Å²) in [5.41, 5.74) is 0.964. The van der Waals surface area contributed by atoms with Crippen molar-refractivity contribution in [3.8, 4) is 0 Å². The molecule has 1 N–H and O–H groups in total. The Balaban J connectivity index is 2.01. The molecule has 3 rings (SSSR count). The van der Waals surface area contributed by atoms with E-state index in [4.69, 9.17) is 23.2 Å². The standard InChI is InChI=1S/C25H27Cl2N3O4S/c1-4-28-25(32)17(2)29(15-19-12-13-20(26)14-22(19)27)24(31)16-30(35(3,33)34)23-11-7-9-18-8-5-6-10-21(18)23/h5-14,17H,4,15-16H2,1-3H3,(H,28,32)/t17-/m1/s1. The fourth-order valence-electron chi connectivity index (χ4n) is 3.76. The molecule has 0 spiro atoms. The summed E-state index contributed by atoms with van der Waals surface area (Å²) in [5.74, 6) is -0.907. The fourth-order valence-corrected chi connectivity index (χ4v) is 5.09. The van der Waals surface area contributed by atoms with Crippen LogP contribution in [0.25, 0.3) is 10.8 Å². The third-order valence-corrected chi connectivity index (χ3v) is 7.30. The molecule has 0 saturated carbocycles. The average molecular weight is 536 g/mol. The molecule has 0 aliphatic heterocycles. The summed E-state index contributed by atoms with van der Waals surface area (Å²) in [4.78, 5) is 27.6. The van der Waals surface area contributed by atoms with E-state index in [9.17, 15) is 18.0 Å². The quantitative estimate of drug-likeness (QED) is 0.438. The van der Waals surface area contributed by atoms with Gasteiger partial charge >= 0.3 is 0 Å². The van der Waals surface area contributed by atoms with Crippen LogP contribution in [0.15, 0.2) is 60.7 Å². The van der Waals surface area contributed by atoms with Crippen molar-refractivity contribution in [1.29, 1.82) is 0 Å². The van der Waals surface area contributed by atoms with Gasteiger partial charge in [0.05, 0.1) is 11.9 Å². The molecule has 186 valence electrons. The van der Waals surface area contributed by atoms with Gasteiger partial charge in [-0.05, 0) is 43.0 Å². The second kappa shape index (κ2) is 11.3. The van der Waals surface area contributed by atoms with Gasteiger partial charge in [0, 0.05) is 28.5 Å². The second-order valence-electron chi connectivity index (χ2n) is 8.10. The highest BCUT2D eigenvalue weighted by atomic mass is 35.5. The van der Waals surface area contributed by atoms with E-state index >= 15 is 0 Å². The van der Waals surface area contributed by atoms with Crippen LogP contribution in [0.2, 0.25) is 10.0 Å². The molecule has 7 nitrogen and oxygen atoms in total. The molecule has 0 saturated heterocycles. The number of nitrogens with one attached hydrogen (secondary N) is 1. The number of anilines is 1. The summed E-state index contributed by atoms with van der Waals surface area (Å²) in [5, 5.41) is 5.02. The Morgan fingerprint density at radius 1 is 1.03 bits per heavy atom. The lowest BCUT2D eigenvalue weighted by Crippen LogP contribution is -2.51. The lowest BCUT2D eigenvalue weighted by atomic mass is 10.1. The molecule has 3 aromatic carbocycles. The van der Waals surface area contributed by atoms with Crippen LogP contribution >= 0.6 is 23.2 Å². The maximum atomic E-state index is 13.6. The molecule has 0 aliphatic rings. The number of amides is 2. The molecule has 10 heteroatoms. The van der Waals surface area contributed by atoms with Crippen LogP contribution in [0.1, 0.15) is 19.4 Å². The van der Waals surface area contributed by atoms with E-state index in [2.05, 4.69) is 5.32 Å². The molecular formula is C25H27Cl2N3O4S. The number of benzene rings is 3. The second-order valence-corrected chi connectivity index (χ2v) is 10.8. The van der Waals surface area contributed by atoms with E-state index < -0.39 is 28.5 Å². The number of likely N-dealkylation sites (N-methyl/N-ethyl adjacent to an activating group) is 1. The number of hydrogen-bond acceptors (Lipinski definition) is 4. The lowest BCUT2D eigenvalue weighted by Gasteiger charge is -2.32. The van der Waals surface area contributed by atoms with Crippen LogP contribution in [0.4, 0.5) is 5.69 Å². The first kappa shape index (κ1) is 26.8. The number of rotatable bonds is 9. The predicted octanol–water partition coefficient (Wildman–Crippen LogP) is 4.47. The third-order valence-electron chi connectivity index (χ3n) is 5.59. The summed E-state index contributed by atoms with van der Waals surface area (Å²) in [6.07, 6.45) is 1.05. The molecule has 0 bridgehead atoms. The first-order valence-electron chi connectivity index (χ1n) is 11.0. The zero-order valence-corrected chi connectivity index (χ0v) is 22.0. The van der Waals surface area contributed by atoms with Crippen molar-refractivity contribution in [2.24, 2.45) is 0 Å². The monoisotopic (exact) mass is 535 g/mol. The van der Waals surface area contributed by atoms with Crippen LogP contribution < -0.4 is 9.62 Å². The van der Waals surface area contributed by atoms with Gasteiger partial charge in [0.1, 0.15) is 12.6 Å². The molecular weight excluding hydrogens is 509 g/mol. The molecule has 35 heavy (non-hydrogen) atoms. The highest BCUT2D eigenvalue weighted by Gasteiger charge is 2.30.